The number of hydrogen-bond donors (Lipinski definition) is 2. The SMILES string of the molecule is C#Cc1cc2c(cc1Sc1nc3c(N)ncnc3n1CCCN=C(N)C(C)(C)OC)OCO2. The summed E-state index contributed by atoms with van der Waals surface area (Å²) in [5.41, 5.74) is 13.4. The molecular formula is C22H25N7O3S. The smallest absolute Gasteiger partial charge is 0.231 e. The van der Waals surface area contributed by atoms with E-state index in [9.17, 15) is 0 Å². The molecule has 0 spiro atoms. The third kappa shape index (κ3) is 4.53. The van der Waals surface area contributed by atoms with E-state index >= 15 is 0 Å². The van der Waals surface area contributed by atoms with E-state index in [1.807, 2.05) is 24.5 Å². The maximum atomic E-state index is 6.06. The monoisotopic (exact) mass is 467 g/mol. The van der Waals surface area contributed by atoms with E-state index in [1.54, 1.807) is 13.2 Å². The summed E-state index contributed by atoms with van der Waals surface area (Å²) in [7, 11) is 1.61. The molecule has 0 amide bonds. The Hall–Kier alpha value is -3.49. The first-order valence-corrected chi connectivity index (χ1v) is 11.1. The molecule has 0 unspecified atom stereocenters. The number of ether oxygens (including phenoxy) is 3. The van der Waals surface area contributed by atoms with Crippen molar-refractivity contribution in [3.05, 3.63) is 24.0 Å². The number of rotatable bonds is 8. The van der Waals surface area contributed by atoms with Gasteiger partial charge in [-0.3, -0.25) is 4.99 Å². The first-order valence-electron chi connectivity index (χ1n) is 10.2. The molecule has 2 aromatic heterocycles. The molecule has 3 heterocycles. The van der Waals surface area contributed by atoms with Gasteiger partial charge in [-0.25, -0.2) is 15.0 Å². The minimum absolute atomic E-state index is 0.168. The lowest BCUT2D eigenvalue weighted by Crippen LogP contribution is -2.40. The summed E-state index contributed by atoms with van der Waals surface area (Å²) < 4.78 is 18.3. The van der Waals surface area contributed by atoms with Crippen LogP contribution in [0.15, 0.2) is 33.5 Å². The van der Waals surface area contributed by atoms with E-state index in [0.717, 1.165) is 4.90 Å². The number of aryl methyl sites for hydroxylation is 1. The van der Waals surface area contributed by atoms with Crippen LogP contribution in [-0.4, -0.2) is 51.4 Å². The second-order valence-corrected chi connectivity index (χ2v) is 8.77. The van der Waals surface area contributed by atoms with Crippen LogP contribution >= 0.6 is 11.8 Å². The fourth-order valence-corrected chi connectivity index (χ4v) is 4.17. The molecule has 1 aliphatic rings. The van der Waals surface area contributed by atoms with Crippen LogP contribution in [0.2, 0.25) is 0 Å². The van der Waals surface area contributed by atoms with E-state index in [4.69, 9.17) is 37.1 Å². The highest BCUT2D eigenvalue weighted by molar-refractivity contribution is 7.99. The molecule has 3 aromatic rings. The molecule has 10 nitrogen and oxygen atoms in total. The van der Waals surface area contributed by atoms with Gasteiger partial charge in [0, 0.05) is 36.7 Å². The van der Waals surface area contributed by atoms with Crippen LogP contribution < -0.4 is 20.9 Å². The molecule has 4 rings (SSSR count). The van der Waals surface area contributed by atoms with Crippen LogP contribution in [0.4, 0.5) is 5.82 Å². The fraction of sp³-hybridized carbons (Fsp3) is 0.364. The topological polar surface area (TPSA) is 136 Å². The molecule has 33 heavy (non-hydrogen) atoms. The quantitative estimate of drug-likeness (QED) is 0.221. The predicted octanol–water partition coefficient (Wildman–Crippen LogP) is 2.44. The minimum atomic E-state index is -0.616. The molecule has 0 saturated carbocycles. The van der Waals surface area contributed by atoms with Crippen molar-refractivity contribution in [3.63, 3.8) is 0 Å². The predicted molar refractivity (Wildman–Crippen MR) is 127 cm³/mol. The van der Waals surface area contributed by atoms with Crippen molar-refractivity contribution in [1.82, 2.24) is 19.5 Å². The lowest BCUT2D eigenvalue weighted by molar-refractivity contribution is 0.0815. The molecule has 1 aromatic carbocycles. The zero-order valence-corrected chi connectivity index (χ0v) is 19.5. The highest BCUT2D eigenvalue weighted by atomic mass is 32.2. The van der Waals surface area contributed by atoms with E-state index in [0.29, 0.717) is 64.5 Å². The van der Waals surface area contributed by atoms with Crippen LogP contribution in [0, 0.1) is 12.3 Å². The maximum Gasteiger partial charge on any atom is 0.231 e. The number of hydrogen-bond acceptors (Lipinski definition) is 9. The van der Waals surface area contributed by atoms with Gasteiger partial charge >= 0.3 is 0 Å². The van der Waals surface area contributed by atoms with E-state index in [-0.39, 0.29) is 6.79 Å². The summed E-state index contributed by atoms with van der Waals surface area (Å²) in [5, 5.41) is 0.682. The summed E-state index contributed by atoms with van der Waals surface area (Å²) in [5.74, 6) is 4.74. The Kier molecular flexibility index (Phi) is 6.31. The van der Waals surface area contributed by atoms with Gasteiger partial charge in [0.15, 0.2) is 33.6 Å². The number of benzene rings is 1. The van der Waals surface area contributed by atoms with Crippen molar-refractivity contribution in [3.8, 4) is 23.8 Å². The fourth-order valence-electron chi connectivity index (χ4n) is 3.16. The van der Waals surface area contributed by atoms with Gasteiger partial charge in [0.2, 0.25) is 6.79 Å². The maximum absolute atomic E-state index is 6.06. The van der Waals surface area contributed by atoms with Gasteiger partial charge in [0.25, 0.3) is 0 Å². The number of amidine groups is 1. The largest absolute Gasteiger partial charge is 0.454 e. The van der Waals surface area contributed by atoms with Crippen molar-refractivity contribution in [2.45, 2.75) is 42.5 Å². The lowest BCUT2D eigenvalue weighted by atomic mass is 10.1. The number of nitrogen functional groups attached to an aromatic ring is 1. The van der Waals surface area contributed by atoms with E-state index in [1.165, 1.54) is 18.1 Å². The highest BCUT2D eigenvalue weighted by Crippen LogP contribution is 2.41. The van der Waals surface area contributed by atoms with Gasteiger partial charge in [-0.2, -0.15) is 0 Å². The highest BCUT2D eigenvalue weighted by Gasteiger charge is 2.22. The van der Waals surface area contributed by atoms with Gasteiger partial charge < -0.3 is 30.2 Å². The number of terminal acetylenes is 1. The summed E-state index contributed by atoms with van der Waals surface area (Å²) in [4.78, 5) is 18.4. The van der Waals surface area contributed by atoms with Gasteiger partial charge in [-0.1, -0.05) is 17.7 Å². The Labute approximate surface area is 195 Å². The first kappa shape index (κ1) is 22.7. The van der Waals surface area contributed by atoms with Crippen molar-refractivity contribution in [1.29, 1.82) is 0 Å². The molecule has 0 radical (unpaired) electrons. The van der Waals surface area contributed by atoms with E-state index in [2.05, 4.69) is 20.9 Å². The molecule has 0 saturated heterocycles. The summed E-state index contributed by atoms with van der Waals surface area (Å²) >= 11 is 1.41. The number of fused-ring (bicyclic) bond motifs is 2. The van der Waals surface area contributed by atoms with Gasteiger partial charge in [0.1, 0.15) is 17.8 Å². The number of nitrogens with two attached hydrogens (primary N) is 2. The molecule has 11 heteroatoms. The third-order valence-corrected chi connectivity index (χ3v) is 6.36. The molecular weight excluding hydrogens is 442 g/mol. The van der Waals surface area contributed by atoms with Crippen LogP contribution in [-0.2, 0) is 11.3 Å². The zero-order valence-electron chi connectivity index (χ0n) is 18.7. The standard InChI is InChI=1S/C22H25N7O3S/c1-5-13-9-14-15(32-12-31-14)10-16(13)33-21-28-17-18(23)26-11-27-19(17)29(21)8-6-7-25-20(24)22(2,3)30-4/h1,9-11H,6-8,12H2,2-4H3,(H2,24,25)(H2,23,26,27). The average molecular weight is 468 g/mol. The Bertz CT molecular complexity index is 1260. The normalized spacial score (nSPS) is 13.5. The zero-order chi connectivity index (χ0) is 23.6. The summed E-state index contributed by atoms with van der Waals surface area (Å²) in [6.07, 6.45) is 7.87. The number of nitrogens with zero attached hydrogens (tertiary/aromatic N) is 5. The number of imidazole rings is 1. The number of methoxy groups -OCH3 is 1. The van der Waals surface area contributed by atoms with Crippen LogP contribution in [0.25, 0.3) is 11.2 Å². The molecule has 1 aliphatic heterocycles. The lowest BCUT2D eigenvalue weighted by Gasteiger charge is -2.22. The number of aromatic nitrogens is 4. The summed E-state index contributed by atoms with van der Waals surface area (Å²) in [6.45, 7) is 5.02. The van der Waals surface area contributed by atoms with Crippen LogP contribution in [0.5, 0.6) is 11.5 Å². The molecule has 0 aliphatic carbocycles. The van der Waals surface area contributed by atoms with Gasteiger partial charge in [-0.15, -0.1) is 6.42 Å². The molecule has 0 fully saturated rings. The van der Waals surface area contributed by atoms with Crippen molar-refractivity contribution < 1.29 is 14.2 Å². The average Bonchev–Trinajstić information content (AvgIpc) is 3.40. The Morgan fingerprint density at radius 3 is 2.82 bits per heavy atom. The summed E-state index contributed by atoms with van der Waals surface area (Å²) in [6, 6.07) is 3.65. The molecule has 4 N–H and O–H groups in total. The van der Waals surface area contributed by atoms with Crippen molar-refractivity contribution >= 4 is 34.6 Å². The molecule has 172 valence electrons. The van der Waals surface area contributed by atoms with Crippen LogP contribution in [0.1, 0.15) is 25.8 Å². The van der Waals surface area contributed by atoms with Crippen molar-refractivity contribution in [2.24, 2.45) is 10.7 Å². The Balaban J connectivity index is 1.63. The van der Waals surface area contributed by atoms with Crippen LogP contribution in [0.3, 0.4) is 0 Å². The third-order valence-electron chi connectivity index (χ3n) is 5.31. The molecule has 0 bridgehead atoms. The second-order valence-electron chi connectivity index (χ2n) is 7.76. The van der Waals surface area contributed by atoms with Gasteiger partial charge in [0.05, 0.1) is 0 Å². The first-order chi connectivity index (χ1) is 15.8. The van der Waals surface area contributed by atoms with E-state index < -0.39 is 5.60 Å². The number of anilines is 1. The van der Waals surface area contributed by atoms with Gasteiger partial charge in [-0.05, 0) is 26.3 Å². The Morgan fingerprint density at radius 2 is 2.09 bits per heavy atom. The second kappa shape index (κ2) is 9.17. The minimum Gasteiger partial charge on any atom is -0.454 e. The Morgan fingerprint density at radius 1 is 1.33 bits per heavy atom. The van der Waals surface area contributed by atoms with Crippen molar-refractivity contribution in [2.75, 3.05) is 26.2 Å². The number of aliphatic imine (C=N–C) groups is 1. The molecule has 0 atom stereocenters.